The zero-order chi connectivity index (χ0) is 8.78. The molecular weight excluding hydrogens is 148 g/mol. The fourth-order valence-corrected chi connectivity index (χ4v) is 3.48. The Balaban J connectivity index is 2.24. The van der Waals surface area contributed by atoms with Crippen LogP contribution in [-0.4, -0.2) is 11.1 Å². The topological polar surface area (TPSA) is 24.7 Å². The Bertz CT molecular complexity index is 268. The number of rotatable bonds is 0. The van der Waals surface area contributed by atoms with Gasteiger partial charge in [-0.2, -0.15) is 10.2 Å². The Morgan fingerprint density at radius 3 is 1.58 bits per heavy atom. The molecule has 0 N–H and O–H groups in total. The van der Waals surface area contributed by atoms with Gasteiger partial charge in [-0.25, -0.2) is 0 Å². The summed E-state index contributed by atoms with van der Waals surface area (Å²) in [6.45, 7) is 9.25. The number of azo groups is 1. The Morgan fingerprint density at radius 1 is 0.917 bits per heavy atom. The van der Waals surface area contributed by atoms with Crippen LogP contribution in [0.15, 0.2) is 10.2 Å². The van der Waals surface area contributed by atoms with Gasteiger partial charge in [-0.3, -0.25) is 0 Å². The maximum Gasteiger partial charge on any atom is 0.0894 e. The lowest BCUT2D eigenvalue weighted by atomic mass is 9.66. The van der Waals surface area contributed by atoms with Crippen molar-refractivity contribution < 1.29 is 0 Å². The van der Waals surface area contributed by atoms with Crippen molar-refractivity contribution in [3.8, 4) is 0 Å². The van der Waals surface area contributed by atoms with Crippen LogP contribution in [0.5, 0.6) is 0 Å². The molecule has 2 bridgehead atoms. The molecular formula is C10H16N2. The minimum absolute atomic E-state index is 0.159. The van der Waals surface area contributed by atoms with Gasteiger partial charge >= 0.3 is 0 Å². The number of hydrogen-bond acceptors (Lipinski definition) is 2. The van der Waals surface area contributed by atoms with E-state index in [1.807, 2.05) is 0 Å². The van der Waals surface area contributed by atoms with E-state index in [0.29, 0.717) is 0 Å². The lowest BCUT2D eigenvalue weighted by Gasteiger charge is -2.38. The van der Waals surface area contributed by atoms with Gasteiger partial charge in [0.25, 0.3) is 0 Å². The van der Waals surface area contributed by atoms with Gasteiger partial charge in [-0.1, -0.05) is 13.8 Å². The first-order valence-corrected chi connectivity index (χ1v) is 4.87. The molecule has 0 aromatic carbocycles. The van der Waals surface area contributed by atoms with E-state index in [-0.39, 0.29) is 16.5 Å². The summed E-state index contributed by atoms with van der Waals surface area (Å²) in [7, 11) is 0. The Hall–Kier alpha value is -0.400. The third-order valence-corrected chi connectivity index (χ3v) is 5.23. The van der Waals surface area contributed by atoms with Crippen molar-refractivity contribution in [2.24, 2.45) is 27.5 Å². The van der Waals surface area contributed by atoms with Crippen LogP contribution in [0, 0.1) is 17.3 Å². The monoisotopic (exact) mass is 164 g/mol. The first-order valence-electron chi connectivity index (χ1n) is 4.87. The molecule has 0 radical (unpaired) electrons. The predicted molar refractivity (Wildman–Crippen MR) is 47.0 cm³/mol. The first kappa shape index (κ1) is 7.05. The Labute approximate surface area is 73.5 Å². The predicted octanol–water partition coefficient (Wildman–Crippen LogP) is 2.65. The highest BCUT2D eigenvalue weighted by Gasteiger charge is 2.79. The molecule has 3 rings (SSSR count). The zero-order valence-corrected chi connectivity index (χ0v) is 8.26. The largest absolute Gasteiger partial charge is 0.186 e. The first-order chi connectivity index (χ1) is 5.43. The van der Waals surface area contributed by atoms with Crippen molar-refractivity contribution in [3.05, 3.63) is 0 Å². The van der Waals surface area contributed by atoms with Crippen molar-refractivity contribution in [2.45, 2.75) is 45.2 Å². The molecule has 1 aliphatic heterocycles. The highest BCUT2D eigenvalue weighted by Crippen LogP contribution is 2.75. The van der Waals surface area contributed by atoms with Crippen LogP contribution in [0.1, 0.15) is 34.1 Å². The lowest BCUT2D eigenvalue weighted by molar-refractivity contribution is 0.156. The molecule has 66 valence electrons. The molecule has 4 unspecified atom stereocenters. The van der Waals surface area contributed by atoms with Crippen LogP contribution >= 0.6 is 0 Å². The minimum Gasteiger partial charge on any atom is -0.186 e. The van der Waals surface area contributed by atoms with Gasteiger partial charge in [0.2, 0.25) is 0 Å². The molecule has 2 nitrogen and oxygen atoms in total. The minimum atomic E-state index is 0.159. The van der Waals surface area contributed by atoms with Crippen LogP contribution in [0.2, 0.25) is 0 Å². The Kier molecular flexibility index (Phi) is 0.811. The van der Waals surface area contributed by atoms with Gasteiger partial charge in [0.15, 0.2) is 0 Å². The van der Waals surface area contributed by atoms with Gasteiger partial charge in [-0.15, -0.1) is 0 Å². The molecule has 0 aromatic rings. The third kappa shape index (κ3) is 0.391. The number of fused-ring (bicyclic) bond motifs is 5. The molecule has 1 heterocycles. The van der Waals surface area contributed by atoms with Gasteiger partial charge < -0.3 is 0 Å². The van der Waals surface area contributed by atoms with Gasteiger partial charge in [0.1, 0.15) is 0 Å². The molecule has 12 heavy (non-hydrogen) atoms. The summed E-state index contributed by atoms with van der Waals surface area (Å²) < 4.78 is 0. The lowest BCUT2D eigenvalue weighted by Crippen LogP contribution is -2.45. The van der Waals surface area contributed by atoms with E-state index in [0.717, 1.165) is 11.8 Å². The van der Waals surface area contributed by atoms with Crippen LogP contribution in [0.3, 0.4) is 0 Å². The van der Waals surface area contributed by atoms with E-state index in [9.17, 15) is 0 Å². The summed E-state index contributed by atoms with van der Waals surface area (Å²) in [5, 5.41) is 9.02. The third-order valence-electron chi connectivity index (χ3n) is 5.23. The quantitative estimate of drug-likeness (QED) is 0.526. The standard InChI is InChI=1S/C10H16N2/c1-8(2)9(3)6-5-7(6)10(8,4)12-11-9/h6-7H,5H2,1-4H3. The van der Waals surface area contributed by atoms with Crippen LogP contribution in [0.4, 0.5) is 0 Å². The second-order valence-electron chi connectivity index (χ2n) is 5.57. The normalized spacial score (nSPS) is 63.7. The summed E-state index contributed by atoms with van der Waals surface area (Å²) in [4.78, 5) is 0. The second-order valence-corrected chi connectivity index (χ2v) is 5.57. The highest BCUT2D eigenvalue weighted by atomic mass is 15.3. The molecule has 2 fully saturated rings. The van der Waals surface area contributed by atoms with E-state index in [1.165, 1.54) is 6.42 Å². The highest BCUT2D eigenvalue weighted by molar-refractivity contribution is 5.32. The summed E-state index contributed by atoms with van der Waals surface area (Å²) in [6, 6.07) is 0. The zero-order valence-electron chi connectivity index (χ0n) is 8.26. The van der Waals surface area contributed by atoms with E-state index in [4.69, 9.17) is 0 Å². The molecule has 4 atom stereocenters. The maximum atomic E-state index is 4.51. The SMILES string of the molecule is CC12N=NC(C)(C3CC31)C2(C)C. The summed E-state index contributed by atoms with van der Waals surface area (Å²) >= 11 is 0. The van der Waals surface area contributed by atoms with Gasteiger partial charge in [0, 0.05) is 5.41 Å². The number of hydrogen-bond donors (Lipinski definition) is 0. The van der Waals surface area contributed by atoms with Crippen molar-refractivity contribution in [3.63, 3.8) is 0 Å². The van der Waals surface area contributed by atoms with E-state index >= 15 is 0 Å². The van der Waals surface area contributed by atoms with Crippen molar-refractivity contribution in [1.29, 1.82) is 0 Å². The smallest absolute Gasteiger partial charge is 0.0894 e. The van der Waals surface area contributed by atoms with Crippen molar-refractivity contribution >= 4 is 0 Å². The van der Waals surface area contributed by atoms with E-state index in [1.54, 1.807) is 0 Å². The van der Waals surface area contributed by atoms with Crippen molar-refractivity contribution in [2.75, 3.05) is 0 Å². The fraction of sp³-hybridized carbons (Fsp3) is 1.00. The average Bonchev–Trinajstić information content (AvgIpc) is 2.70. The molecule has 0 saturated heterocycles. The van der Waals surface area contributed by atoms with Crippen LogP contribution < -0.4 is 0 Å². The molecule has 2 saturated carbocycles. The molecule has 2 heteroatoms. The maximum absolute atomic E-state index is 4.51. The van der Waals surface area contributed by atoms with Crippen LogP contribution in [-0.2, 0) is 0 Å². The summed E-state index contributed by atoms with van der Waals surface area (Å²) in [6.07, 6.45) is 1.36. The van der Waals surface area contributed by atoms with Gasteiger partial charge in [0.05, 0.1) is 11.1 Å². The van der Waals surface area contributed by atoms with Gasteiger partial charge in [-0.05, 0) is 32.1 Å². The molecule has 0 spiro atoms. The Morgan fingerprint density at radius 2 is 1.33 bits per heavy atom. The molecule has 3 aliphatic rings. The second kappa shape index (κ2) is 1.38. The summed E-state index contributed by atoms with van der Waals surface area (Å²) in [5.41, 5.74) is 0.604. The molecule has 0 amide bonds. The van der Waals surface area contributed by atoms with E-state index < -0.39 is 0 Å². The molecule has 0 aromatic heterocycles. The van der Waals surface area contributed by atoms with Crippen LogP contribution in [0.25, 0.3) is 0 Å². The number of nitrogens with zero attached hydrogens (tertiary/aromatic N) is 2. The van der Waals surface area contributed by atoms with Crippen molar-refractivity contribution in [1.82, 2.24) is 0 Å². The average molecular weight is 164 g/mol. The molecule has 2 aliphatic carbocycles. The fourth-order valence-electron chi connectivity index (χ4n) is 3.48. The van der Waals surface area contributed by atoms with E-state index in [2.05, 4.69) is 37.9 Å². The summed E-state index contributed by atoms with van der Waals surface area (Å²) in [5.74, 6) is 1.69.